The normalized spacial score (nSPS) is 9.31. The third-order valence-electron chi connectivity index (χ3n) is 1.67. The minimum atomic E-state index is -0.343. The van der Waals surface area contributed by atoms with E-state index in [1.165, 1.54) is 19.2 Å². The second-order valence-electron chi connectivity index (χ2n) is 2.36. The Morgan fingerprint density at radius 3 is 2.46 bits per heavy atom. The van der Waals surface area contributed by atoms with Gasteiger partial charge in [0.25, 0.3) is 0 Å². The molecule has 0 spiro atoms. The molecule has 0 fully saturated rings. The van der Waals surface area contributed by atoms with Gasteiger partial charge < -0.3 is 9.84 Å². The number of hydrogen-bond acceptors (Lipinski definition) is 4. The molecule has 1 aromatic rings. The molecule has 0 saturated carbocycles. The number of aromatic hydroxyl groups is 1. The fraction of sp³-hybridized carbons (Fsp3) is 0.111. The lowest BCUT2D eigenvalue weighted by atomic mass is 10.1. The smallest absolute Gasteiger partial charge is 0.157 e. The molecule has 0 saturated heterocycles. The van der Waals surface area contributed by atoms with Crippen LogP contribution in [0.4, 0.5) is 0 Å². The van der Waals surface area contributed by atoms with E-state index < -0.39 is 0 Å². The number of carbonyl (C=O) groups excluding carboxylic acids is 2. The fourth-order valence-corrected chi connectivity index (χ4v) is 0.993. The van der Waals surface area contributed by atoms with Crippen molar-refractivity contribution in [2.45, 2.75) is 0 Å². The zero-order valence-corrected chi connectivity index (χ0v) is 6.98. The average Bonchev–Trinajstić information content (AvgIpc) is 2.17. The van der Waals surface area contributed by atoms with Crippen LogP contribution in [0.25, 0.3) is 0 Å². The van der Waals surface area contributed by atoms with Crippen molar-refractivity contribution in [1.82, 2.24) is 0 Å². The van der Waals surface area contributed by atoms with Crippen molar-refractivity contribution in [2.24, 2.45) is 0 Å². The number of ether oxygens (including phenoxy) is 1. The minimum Gasteiger partial charge on any atom is -0.506 e. The lowest BCUT2D eigenvalue weighted by molar-refractivity contribution is 0.111. The molecule has 0 radical (unpaired) electrons. The first-order valence-corrected chi connectivity index (χ1v) is 3.55. The molecule has 0 atom stereocenters. The van der Waals surface area contributed by atoms with Crippen molar-refractivity contribution in [3.05, 3.63) is 23.3 Å². The van der Waals surface area contributed by atoms with E-state index in [-0.39, 0.29) is 22.6 Å². The van der Waals surface area contributed by atoms with Gasteiger partial charge in [-0.3, -0.25) is 9.59 Å². The third kappa shape index (κ3) is 1.51. The predicted octanol–water partition coefficient (Wildman–Crippen LogP) is 1.03. The highest BCUT2D eigenvalue weighted by Crippen LogP contribution is 2.28. The summed E-state index contributed by atoms with van der Waals surface area (Å²) in [6.45, 7) is 0. The topological polar surface area (TPSA) is 63.6 Å². The fourth-order valence-electron chi connectivity index (χ4n) is 0.993. The van der Waals surface area contributed by atoms with E-state index in [0.29, 0.717) is 12.6 Å². The molecular weight excluding hydrogens is 172 g/mol. The summed E-state index contributed by atoms with van der Waals surface area (Å²) in [4.78, 5) is 20.9. The van der Waals surface area contributed by atoms with Crippen molar-refractivity contribution < 1.29 is 19.4 Å². The molecule has 0 unspecified atom stereocenters. The average molecular weight is 180 g/mol. The predicted molar refractivity (Wildman–Crippen MR) is 45.4 cm³/mol. The molecule has 0 amide bonds. The maximum atomic E-state index is 10.5. The molecule has 4 nitrogen and oxygen atoms in total. The summed E-state index contributed by atoms with van der Waals surface area (Å²) in [6, 6.07) is 2.83. The highest BCUT2D eigenvalue weighted by atomic mass is 16.5. The molecule has 1 rings (SSSR count). The second-order valence-corrected chi connectivity index (χ2v) is 2.36. The monoisotopic (exact) mass is 180 g/mol. The number of hydrogen-bond donors (Lipinski definition) is 1. The molecule has 68 valence electrons. The Balaban J connectivity index is 3.39. The maximum absolute atomic E-state index is 10.5. The largest absolute Gasteiger partial charge is 0.506 e. The van der Waals surface area contributed by atoms with E-state index in [0.717, 1.165) is 0 Å². The number of methoxy groups -OCH3 is 1. The Morgan fingerprint density at radius 1 is 1.31 bits per heavy atom. The zero-order valence-electron chi connectivity index (χ0n) is 6.98. The molecule has 0 bridgehead atoms. The Morgan fingerprint density at radius 2 is 2.00 bits per heavy atom. The van der Waals surface area contributed by atoms with E-state index in [4.69, 9.17) is 4.74 Å². The first-order chi connectivity index (χ1) is 6.24. The van der Waals surface area contributed by atoms with Gasteiger partial charge in [-0.05, 0) is 12.1 Å². The summed E-state index contributed by atoms with van der Waals surface area (Å²) in [7, 11) is 1.38. The van der Waals surface area contributed by atoms with Gasteiger partial charge in [0.05, 0.1) is 18.2 Å². The lowest BCUT2D eigenvalue weighted by Gasteiger charge is -2.05. The van der Waals surface area contributed by atoms with Gasteiger partial charge >= 0.3 is 0 Å². The summed E-state index contributed by atoms with van der Waals surface area (Å²) in [5.74, 6) is -0.0950. The van der Waals surface area contributed by atoms with E-state index in [1.54, 1.807) is 0 Å². The minimum absolute atomic E-state index is 0.00731. The highest BCUT2D eigenvalue weighted by Gasteiger charge is 2.11. The molecular formula is C9H8O4. The molecule has 1 aromatic carbocycles. The summed E-state index contributed by atoms with van der Waals surface area (Å²) < 4.78 is 4.81. The lowest BCUT2D eigenvalue weighted by Crippen LogP contribution is -1.93. The van der Waals surface area contributed by atoms with Crippen LogP contribution in [0.15, 0.2) is 12.1 Å². The van der Waals surface area contributed by atoms with Crippen molar-refractivity contribution >= 4 is 12.6 Å². The van der Waals surface area contributed by atoms with Crippen LogP contribution in [-0.2, 0) is 0 Å². The number of phenolic OH excluding ortho intramolecular Hbond substituents is 1. The first kappa shape index (κ1) is 9.25. The molecule has 13 heavy (non-hydrogen) atoms. The Hall–Kier alpha value is -1.84. The molecule has 0 heterocycles. The van der Waals surface area contributed by atoms with Gasteiger partial charge in [-0.2, -0.15) is 0 Å². The maximum Gasteiger partial charge on any atom is 0.157 e. The van der Waals surface area contributed by atoms with Crippen LogP contribution in [0.1, 0.15) is 20.7 Å². The van der Waals surface area contributed by atoms with Crippen LogP contribution in [0.2, 0.25) is 0 Å². The van der Waals surface area contributed by atoms with Crippen LogP contribution in [0, 0.1) is 0 Å². The van der Waals surface area contributed by atoms with Gasteiger partial charge in [0, 0.05) is 0 Å². The number of benzene rings is 1. The van der Waals surface area contributed by atoms with Crippen LogP contribution in [-0.4, -0.2) is 24.8 Å². The first-order valence-electron chi connectivity index (χ1n) is 3.55. The van der Waals surface area contributed by atoms with Crippen LogP contribution in [0.5, 0.6) is 11.5 Å². The number of carbonyl (C=O) groups is 2. The standard InChI is InChI=1S/C9H8O4/c1-13-8-3-2-6(4-10)9(12)7(8)5-11/h2-5,12H,1H3. The number of aldehydes is 2. The summed E-state index contributed by atoms with van der Waals surface area (Å²) >= 11 is 0. The quantitative estimate of drug-likeness (QED) is 0.705. The van der Waals surface area contributed by atoms with E-state index >= 15 is 0 Å². The molecule has 0 aliphatic heterocycles. The van der Waals surface area contributed by atoms with Crippen molar-refractivity contribution in [3.63, 3.8) is 0 Å². The molecule has 0 aliphatic rings. The molecule has 1 N–H and O–H groups in total. The zero-order chi connectivity index (χ0) is 9.84. The van der Waals surface area contributed by atoms with Gasteiger partial charge in [0.15, 0.2) is 12.6 Å². The third-order valence-corrected chi connectivity index (χ3v) is 1.67. The highest BCUT2D eigenvalue weighted by molar-refractivity contribution is 5.90. The second kappa shape index (κ2) is 3.71. The van der Waals surface area contributed by atoms with Crippen molar-refractivity contribution in [2.75, 3.05) is 7.11 Å². The van der Waals surface area contributed by atoms with E-state index in [9.17, 15) is 14.7 Å². The SMILES string of the molecule is COc1ccc(C=O)c(O)c1C=O. The van der Waals surface area contributed by atoms with Gasteiger partial charge in [-0.15, -0.1) is 0 Å². The van der Waals surface area contributed by atoms with Gasteiger partial charge in [-0.25, -0.2) is 0 Å². The summed E-state index contributed by atoms with van der Waals surface area (Å²) in [6.07, 6.45) is 0.920. The number of phenols is 1. The Bertz CT molecular complexity index is 344. The van der Waals surface area contributed by atoms with Crippen LogP contribution < -0.4 is 4.74 Å². The molecule has 4 heteroatoms. The van der Waals surface area contributed by atoms with E-state index in [1.807, 2.05) is 0 Å². The Kier molecular flexibility index (Phi) is 2.64. The van der Waals surface area contributed by atoms with Crippen molar-refractivity contribution in [1.29, 1.82) is 0 Å². The van der Waals surface area contributed by atoms with Gasteiger partial charge in [0.1, 0.15) is 11.5 Å². The van der Waals surface area contributed by atoms with Crippen LogP contribution >= 0.6 is 0 Å². The number of rotatable bonds is 3. The Labute approximate surface area is 74.8 Å². The van der Waals surface area contributed by atoms with Crippen molar-refractivity contribution in [3.8, 4) is 11.5 Å². The summed E-state index contributed by atoms with van der Waals surface area (Å²) in [5, 5.41) is 9.36. The van der Waals surface area contributed by atoms with Gasteiger partial charge in [0.2, 0.25) is 0 Å². The summed E-state index contributed by atoms with van der Waals surface area (Å²) in [5.41, 5.74) is 0.0648. The van der Waals surface area contributed by atoms with E-state index in [2.05, 4.69) is 0 Å². The van der Waals surface area contributed by atoms with Gasteiger partial charge in [-0.1, -0.05) is 0 Å². The van der Waals surface area contributed by atoms with Crippen LogP contribution in [0.3, 0.4) is 0 Å². The molecule has 0 aliphatic carbocycles. The molecule has 0 aromatic heterocycles.